The van der Waals surface area contributed by atoms with E-state index in [1.54, 1.807) is 0 Å². The highest BCUT2D eigenvalue weighted by atomic mass is 16.7. The van der Waals surface area contributed by atoms with E-state index >= 15 is 0 Å². The SMILES string of the molecule is C[C@@H]1O[C@@H](O[C@H]2[C@H](O)[C@@H](O)[C@H](O[C@@H]3C[C@@H]4CC[C@H]5[C@H]6C[C@@H]7O[C@@](O)(CCC(C)(C)CO[C@@H]8O[C@H](CO)[C@@H](O)[C@H](O)[C@H]8O)[C@@H](C)[C@@H]7[C@@]6(C)CC[C@@H]5[C@@]4(C)C[C@@H]3O)O[C@@H]2CO)[C@H](O)[C@H](O)[C@H]1O. The normalized spacial score (nSPS) is 55.8. The number of hydrogen-bond donors (Lipinski definition) is 12. The molecule has 0 radical (unpaired) electrons. The Bertz CT molecular complexity index is 1620. The maximum atomic E-state index is 12.2. The lowest BCUT2D eigenvalue weighted by molar-refractivity contribution is -0.364. The summed E-state index contributed by atoms with van der Waals surface area (Å²) in [4.78, 5) is 0. The lowest BCUT2D eigenvalue weighted by Gasteiger charge is -2.62. The molecule has 8 rings (SSSR count). The van der Waals surface area contributed by atoms with E-state index in [1.165, 1.54) is 6.92 Å². The van der Waals surface area contributed by atoms with Crippen LogP contribution in [-0.2, 0) is 33.2 Å². The molecule has 4 saturated carbocycles. The summed E-state index contributed by atoms with van der Waals surface area (Å²) in [5.74, 6) is 0.0198. The van der Waals surface area contributed by atoms with Crippen LogP contribution in [0.5, 0.6) is 0 Å². The maximum Gasteiger partial charge on any atom is 0.187 e. The van der Waals surface area contributed by atoms with Gasteiger partial charge in [0.1, 0.15) is 67.1 Å². The Morgan fingerprint density at radius 1 is 0.662 bits per heavy atom. The Morgan fingerprint density at radius 3 is 1.98 bits per heavy atom. The predicted molar refractivity (Wildman–Crippen MR) is 224 cm³/mol. The van der Waals surface area contributed by atoms with Crippen LogP contribution in [0.3, 0.4) is 0 Å². The molecule has 8 fully saturated rings. The first-order valence-electron chi connectivity index (χ1n) is 24.1. The van der Waals surface area contributed by atoms with Crippen LogP contribution in [0.4, 0.5) is 0 Å². The number of fused-ring (bicyclic) bond motifs is 7. The second kappa shape index (κ2) is 18.8. The number of hydrogen-bond acceptors (Lipinski definition) is 19. The molecule has 0 aromatic rings. The van der Waals surface area contributed by atoms with E-state index in [9.17, 15) is 61.3 Å². The quantitative estimate of drug-likeness (QED) is 0.100. The first kappa shape index (κ1) is 50.6. The molecule has 376 valence electrons. The van der Waals surface area contributed by atoms with Gasteiger partial charge in [-0.1, -0.05) is 34.6 Å². The smallest absolute Gasteiger partial charge is 0.187 e. The van der Waals surface area contributed by atoms with Gasteiger partial charge in [-0.3, -0.25) is 0 Å². The molecular formula is C46H78O19. The van der Waals surface area contributed by atoms with Crippen molar-refractivity contribution in [3.05, 3.63) is 0 Å². The molecule has 0 unspecified atom stereocenters. The predicted octanol–water partition coefficient (Wildman–Crippen LogP) is -1.39. The average molecular weight is 935 g/mol. The van der Waals surface area contributed by atoms with Gasteiger partial charge in [-0.25, -0.2) is 0 Å². The molecule has 12 N–H and O–H groups in total. The number of aliphatic hydroxyl groups is 12. The van der Waals surface area contributed by atoms with Crippen molar-refractivity contribution in [2.45, 2.75) is 216 Å². The van der Waals surface area contributed by atoms with E-state index in [0.29, 0.717) is 43.4 Å². The second-order valence-electron chi connectivity index (χ2n) is 22.6. The van der Waals surface area contributed by atoms with E-state index in [0.717, 1.165) is 32.1 Å². The van der Waals surface area contributed by atoms with Gasteiger partial charge in [-0.05, 0) is 104 Å². The highest BCUT2D eigenvalue weighted by molar-refractivity contribution is 5.15. The standard InChI is InChI=1S/C46H78O19/c1-19-30-27(65-46(19,58)12-11-43(3,4)18-59-40-36(55)34(53)32(51)28(16-47)62-40)14-24-22-8-7-21-13-26(25(49)15-45(21,6)23(22)9-10-44(24,30)5)61-42-38(57)35(54)39(29(17-48)63-42)64-41-37(56)33(52)31(50)20(2)60-41/h19-42,47-58H,7-18H2,1-6H3/t19-,20-,21-,22+,23-,24+,25-,26+,27-,28+,29+,30-,31-,32+,33+,34-,35+,36+,37+,38+,39+,40+,41-,42+,44-,45-,46-/m0/s1. The van der Waals surface area contributed by atoms with Gasteiger partial charge in [-0.15, -0.1) is 0 Å². The molecule has 4 aliphatic carbocycles. The summed E-state index contributed by atoms with van der Waals surface area (Å²) >= 11 is 0. The largest absolute Gasteiger partial charge is 0.394 e. The third-order valence-corrected chi connectivity index (χ3v) is 18.2. The summed E-state index contributed by atoms with van der Waals surface area (Å²) < 4.78 is 41.6. The van der Waals surface area contributed by atoms with Crippen LogP contribution < -0.4 is 0 Å². The van der Waals surface area contributed by atoms with E-state index in [2.05, 4.69) is 20.8 Å². The van der Waals surface area contributed by atoms with Crippen LogP contribution in [0.25, 0.3) is 0 Å². The summed E-state index contributed by atoms with van der Waals surface area (Å²) in [6, 6.07) is 0. The molecule has 19 nitrogen and oxygen atoms in total. The number of aliphatic hydroxyl groups excluding tert-OH is 11. The van der Waals surface area contributed by atoms with Crippen LogP contribution in [0.15, 0.2) is 0 Å². The lowest BCUT2D eigenvalue weighted by Crippen LogP contribution is -2.65. The molecule has 19 heteroatoms. The second-order valence-corrected chi connectivity index (χ2v) is 22.6. The zero-order chi connectivity index (χ0) is 47.3. The summed E-state index contributed by atoms with van der Waals surface area (Å²) in [7, 11) is 0. The highest BCUT2D eigenvalue weighted by Gasteiger charge is 2.69. The maximum absolute atomic E-state index is 12.2. The van der Waals surface area contributed by atoms with Gasteiger partial charge < -0.3 is 94.4 Å². The van der Waals surface area contributed by atoms with Crippen molar-refractivity contribution >= 4 is 0 Å². The summed E-state index contributed by atoms with van der Waals surface area (Å²) in [6.07, 6.45) is -16.3. The van der Waals surface area contributed by atoms with Crippen molar-refractivity contribution < 1.29 is 94.4 Å². The first-order chi connectivity index (χ1) is 30.5. The summed E-state index contributed by atoms with van der Waals surface area (Å²) in [5, 5.41) is 128. The zero-order valence-electron chi connectivity index (χ0n) is 38.6. The summed E-state index contributed by atoms with van der Waals surface area (Å²) in [6.45, 7) is 11.1. The molecular weight excluding hydrogens is 856 g/mol. The average Bonchev–Trinajstić information content (AvgIpc) is 3.70. The van der Waals surface area contributed by atoms with Crippen LogP contribution in [0.2, 0.25) is 0 Å². The van der Waals surface area contributed by atoms with Crippen molar-refractivity contribution in [3.8, 4) is 0 Å². The molecule has 0 aromatic carbocycles. The monoisotopic (exact) mass is 935 g/mol. The van der Waals surface area contributed by atoms with Crippen LogP contribution in [0.1, 0.15) is 99.3 Å². The molecule has 0 spiro atoms. The lowest BCUT2D eigenvalue weighted by atomic mass is 9.44. The van der Waals surface area contributed by atoms with Crippen molar-refractivity contribution in [3.63, 3.8) is 0 Å². The fourth-order valence-electron chi connectivity index (χ4n) is 14.3. The third kappa shape index (κ3) is 8.90. The minimum atomic E-state index is -1.68. The van der Waals surface area contributed by atoms with Gasteiger partial charge in [0.15, 0.2) is 24.7 Å². The molecule has 0 amide bonds. The van der Waals surface area contributed by atoms with Crippen LogP contribution in [0, 0.1) is 51.8 Å². The van der Waals surface area contributed by atoms with Crippen molar-refractivity contribution in [1.29, 1.82) is 0 Å². The summed E-state index contributed by atoms with van der Waals surface area (Å²) in [5.41, 5.74) is -0.730. The fraction of sp³-hybridized carbons (Fsp3) is 1.00. The van der Waals surface area contributed by atoms with E-state index in [4.69, 9.17) is 33.2 Å². The Balaban J connectivity index is 0.860. The molecule has 4 aliphatic heterocycles. The van der Waals surface area contributed by atoms with Gasteiger partial charge in [0, 0.05) is 12.3 Å². The van der Waals surface area contributed by atoms with Gasteiger partial charge in [0.05, 0.1) is 44.2 Å². The van der Waals surface area contributed by atoms with E-state index in [1.807, 2.05) is 13.8 Å². The van der Waals surface area contributed by atoms with Crippen molar-refractivity contribution in [2.75, 3.05) is 19.8 Å². The van der Waals surface area contributed by atoms with Crippen molar-refractivity contribution in [1.82, 2.24) is 0 Å². The first-order valence-corrected chi connectivity index (χ1v) is 24.1. The Hall–Kier alpha value is -0.760. The number of ether oxygens (including phenoxy) is 7. The van der Waals surface area contributed by atoms with E-state index in [-0.39, 0.29) is 41.3 Å². The zero-order valence-corrected chi connectivity index (χ0v) is 38.6. The molecule has 8 aliphatic rings. The van der Waals surface area contributed by atoms with Gasteiger partial charge in [0.25, 0.3) is 0 Å². The Morgan fingerprint density at radius 2 is 1.29 bits per heavy atom. The van der Waals surface area contributed by atoms with Crippen LogP contribution in [-0.4, -0.2) is 197 Å². The topological polar surface area (TPSA) is 307 Å². The van der Waals surface area contributed by atoms with E-state index < -0.39 is 129 Å². The highest BCUT2D eigenvalue weighted by Crippen LogP contribution is 2.71. The van der Waals surface area contributed by atoms with Crippen LogP contribution >= 0.6 is 0 Å². The minimum Gasteiger partial charge on any atom is -0.394 e. The fourth-order valence-corrected chi connectivity index (χ4v) is 14.3. The Labute approximate surface area is 380 Å². The molecule has 4 saturated heterocycles. The van der Waals surface area contributed by atoms with Gasteiger partial charge in [-0.2, -0.15) is 0 Å². The Kier molecular flexibility index (Phi) is 14.6. The molecule has 4 heterocycles. The van der Waals surface area contributed by atoms with Gasteiger partial charge >= 0.3 is 0 Å². The third-order valence-electron chi connectivity index (χ3n) is 18.2. The molecule has 0 bridgehead atoms. The molecule has 0 aromatic heterocycles. The number of rotatable bonds is 12. The molecule has 27 atom stereocenters. The van der Waals surface area contributed by atoms with Gasteiger partial charge in [0.2, 0.25) is 0 Å². The minimum absolute atomic E-state index is 0.0553. The molecule has 65 heavy (non-hydrogen) atoms. The van der Waals surface area contributed by atoms with Crippen molar-refractivity contribution in [2.24, 2.45) is 51.8 Å².